The Labute approximate surface area is 91.3 Å². The second-order valence-corrected chi connectivity index (χ2v) is 3.00. The van der Waals surface area contributed by atoms with Crippen LogP contribution in [0.1, 0.15) is 19.8 Å². The van der Waals surface area contributed by atoms with Crippen LogP contribution in [0.15, 0.2) is 0 Å². The summed E-state index contributed by atoms with van der Waals surface area (Å²) in [5.41, 5.74) is 0. The molecule has 74 valence electrons. The summed E-state index contributed by atoms with van der Waals surface area (Å²) in [4.78, 5) is 15.2. The van der Waals surface area contributed by atoms with E-state index in [1.807, 2.05) is 6.92 Å². The van der Waals surface area contributed by atoms with E-state index in [0.717, 1.165) is 17.9 Å². The first-order valence-corrected chi connectivity index (χ1v) is 5.46. The zero-order valence-electron chi connectivity index (χ0n) is 7.42. The molecule has 0 saturated carbocycles. The fourth-order valence-electron chi connectivity index (χ4n) is 0.597. The van der Waals surface area contributed by atoms with Crippen LogP contribution in [0.3, 0.4) is 0 Å². The first-order chi connectivity index (χ1) is 6.22. The third-order valence-corrected chi connectivity index (χ3v) is 1.60. The van der Waals surface area contributed by atoms with Crippen molar-refractivity contribution in [2.45, 2.75) is 19.8 Å². The van der Waals surface area contributed by atoms with Crippen LogP contribution < -0.4 is 0 Å². The van der Waals surface area contributed by atoms with Crippen molar-refractivity contribution < 1.29 is 14.7 Å². The fraction of sp³-hybridized carbons (Fsp3) is 0.625. The van der Waals surface area contributed by atoms with Gasteiger partial charge in [0.2, 0.25) is 0 Å². The number of carbonyl (C=O) groups is 1. The van der Waals surface area contributed by atoms with Crippen LogP contribution in [0.4, 0.5) is 4.79 Å². The molecule has 0 saturated heterocycles. The molecule has 0 aliphatic carbocycles. The highest BCUT2D eigenvalue weighted by molar-refractivity contribution is 14.1. The predicted octanol–water partition coefficient (Wildman–Crippen LogP) is 2.09. The molecule has 1 N–H and O–H groups in total. The highest BCUT2D eigenvalue weighted by Gasteiger charge is 2.10. The number of carboxylic acid groups (broad SMARTS) is 1. The lowest BCUT2D eigenvalue weighted by Gasteiger charge is -2.13. The third kappa shape index (κ3) is 6.51. The largest absolute Gasteiger partial charge is 0.463 e. The fourth-order valence-corrected chi connectivity index (χ4v) is 0.752. The number of amides is 1. The number of unbranched alkanes of at least 4 members (excludes halogenated alkanes) is 1. The van der Waals surface area contributed by atoms with Gasteiger partial charge in [0.05, 0.1) is 11.0 Å². The summed E-state index contributed by atoms with van der Waals surface area (Å²) in [6.07, 6.45) is 2.91. The van der Waals surface area contributed by atoms with E-state index < -0.39 is 6.09 Å². The number of alkyl halides is 1. The first-order valence-electron chi connectivity index (χ1n) is 3.93. The Balaban J connectivity index is 3.87. The number of hydrogen-bond acceptors (Lipinski definition) is 2. The summed E-state index contributed by atoms with van der Waals surface area (Å²) >= 11 is 2.06. The van der Waals surface area contributed by atoms with Gasteiger partial charge in [-0.2, -0.15) is 0 Å². The standard InChI is InChI=1S/C8H12INO3/c1-2-3-6-10(8(11)12)13-7-4-5-9/h2-3,5-6H2,1H3,(H,11,12). The number of rotatable bonds is 4. The average Bonchev–Trinajstić information content (AvgIpc) is 2.10. The molecule has 0 heterocycles. The second kappa shape index (κ2) is 7.98. The molecule has 0 rings (SSSR count). The van der Waals surface area contributed by atoms with Gasteiger partial charge < -0.3 is 9.94 Å². The summed E-state index contributed by atoms with van der Waals surface area (Å²) in [7, 11) is 0. The molecule has 0 fully saturated rings. The average molecular weight is 297 g/mol. The molecule has 0 unspecified atom stereocenters. The van der Waals surface area contributed by atoms with Gasteiger partial charge in [-0.1, -0.05) is 35.9 Å². The van der Waals surface area contributed by atoms with E-state index in [-0.39, 0.29) is 0 Å². The Bertz CT molecular complexity index is 209. The number of nitrogens with zero attached hydrogens (tertiary/aromatic N) is 1. The number of hydrogen-bond donors (Lipinski definition) is 1. The smallest absolute Gasteiger partial charge is 0.441 e. The lowest BCUT2D eigenvalue weighted by molar-refractivity contribution is -0.0631. The highest BCUT2D eigenvalue weighted by atomic mass is 127. The van der Waals surface area contributed by atoms with E-state index in [9.17, 15) is 4.79 Å². The summed E-state index contributed by atoms with van der Waals surface area (Å²) < 4.78 is 0.624. The number of halogens is 1. The monoisotopic (exact) mass is 297 g/mol. The molecular weight excluding hydrogens is 285 g/mol. The van der Waals surface area contributed by atoms with Gasteiger partial charge in [-0.25, -0.2) is 4.79 Å². The second-order valence-electron chi connectivity index (χ2n) is 2.24. The van der Waals surface area contributed by atoms with Crippen LogP contribution in [-0.2, 0) is 4.84 Å². The Kier molecular flexibility index (Phi) is 7.59. The molecule has 0 spiro atoms. The van der Waals surface area contributed by atoms with Gasteiger partial charge >= 0.3 is 6.09 Å². The predicted molar refractivity (Wildman–Crippen MR) is 57.4 cm³/mol. The lowest BCUT2D eigenvalue weighted by atomic mass is 10.3. The van der Waals surface area contributed by atoms with Crippen molar-refractivity contribution in [3.8, 4) is 12.0 Å². The molecule has 5 heteroatoms. The molecule has 0 aromatic heterocycles. The maximum atomic E-state index is 10.5. The minimum atomic E-state index is -1.10. The van der Waals surface area contributed by atoms with E-state index in [1.54, 1.807) is 0 Å². The van der Waals surface area contributed by atoms with Crippen molar-refractivity contribution in [1.82, 2.24) is 5.06 Å². The summed E-state index contributed by atoms with van der Waals surface area (Å²) in [6, 6.07) is 0. The van der Waals surface area contributed by atoms with Gasteiger partial charge in [0.25, 0.3) is 0 Å². The SMILES string of the molecule is CCCCN(OC#CCI)C(=O)O. The highest BCUT2D eigenvalue weighted by Crippen LogP contribution is 1.96. The maximum Gasteiger partial charge on any atom is 0.441 e. The van der Waals surface area contributed by atoms with Crippen LogP contribution in [0.25, 0.3) is 0 Å². The molecule has 0 atom stereocenters. The zero-order valence-corrected chi connectivity index (χ0v) is 9.57. The normalized spacial score (nSPS) is 8.46. The third-order valence-electron chi connectivity index (χ3n) is 1.22. The summed E-state index contributed by atoms with van der Waals surface area (Å²) in [6.45, 7) is 2.35. The summed E-state index contributed by atoms with van der Waals surface area (Å²) in [5.74, 6) is 2.62. The number of hydroxylamine groups is 2. The molecule has 0 aliphatic heterocycles. The van der Waals surface area contributed by atoms with Gasteiger partial charge in [0.1, 0.15) is 6.11 Å². The molecule has 4 nitrogen and oxygen atoms in total. The van der Waals surface area contributed by atoms with E-state index in [2.05, 4.69) is 34.6 Å². The lowest BCUT2D eigenvalue weighted by Crippen LogP contribution is -2.28. The van der Waals surface area contributed by atoms with Crippen LogP contribution in [-0.4, -0.2) is 27.2 Å². The van der Waals surface area contributed by atoms with Crippen LogP contribution in [0.2, 0.25) is 0 Å². The Morgan fingerprint density at radius 2 is 2.38 bits per heavy atom. The molecule has 0 radical (unpaired) electrons. The summed E-state index contributed by atoms with van der Waals surface area (Å²) in [5, 5.41) is 9.48. The van der Waals surface area contributed by atoms with Gasteiger partial charge in [-0.3, -0.25) is 0 Å². The Morgan fingerprint density at radius 1 is 1.69 bits per heavy atom. The van der Waals surface area contributed by atoms with E-state index in [0.29, 0.717) is 11.0 Å². The van der Waals surface area contributed by atoms with Gasteiger partial charge in [0, 0.05) is 0 Å². The van der Waals surface area contributed by atoms with Crippen molar-refractivity contribution >= 4 is 28.7 Å². The van der Waals surface area contributed by atoms with Crippen molar-refractivity contribution in [3.63, 3.8) is 0 Å². The van der Waals surface area contributed by atoms with Crippen LogP contribution in [0.5, 0.6) is 0 Å². The van der Waals surface area contributed by atoms with Crippen molar-refractivity contribution in [2.24, 2.45) is 0 Å². The molecule has 13 heavy (non-hydrogen) atoms. The minimum Gasteiger partial charge on any atom is -0.463 e. The van der Waals surface area contributed by atoms with Crippen molar-refractivity contribution in [2.75, 3.05) is 11.0 Å². The maximum absolute atomic E-state index is 10.5. The molecule has 0 aromatic rings. The van der Waals surface area contributed by atoms with Crippen LogP contribution >= 0.6 is 22.6 Å². The molecule has 0 bridgehead atoms. The van der Waals surface area contributed by atoms with Crippen molar-refractivity contribution in [1.29, 1.82) is 0 Å². The quantitative estimate of drug-likeness (QED) is 0.374. The molecule has 0 aromatic carbocycles. The zero-order chi connectivity index (χ0) is 10.1. The van der Waals surface area contributed by atoms with Gasteiger partial charge in [-0.05, 0) is 12.3 Å². The van der Waals surface area contributed by atoms with E-state index in [1.165, 1.54) is 0 Å². The minimum absolute atomic E-state index is 0.363. The molecular formula is C8H12INO3. The van der Waals surface area contributed by atoms with Gasteiger partial charge in [0.15, 0.2) is 0 Å². The Morgan fingerprint density at radius 3 is 2.85 bits per heavy atom. The first kappa shape index (κ1) is 12.4. The molecule has 0 aliphatic rings. The van der Waals surface area contributed by atoms with E-state index >= 15 is 0 Å². The molecule has 1 amide bonds. The van der Waals surface area contributed by atoms with Gasteiger partial charge in [-0.15, -0.1) is 5.06 Å². The topological polar surface area (TPSA) is 49.8 Å². The van der Waals surface area contributed by atoms with E-state index in [4.69, 9.17) is 9.94 Å². The Hall–Kier alpha value is -0.640. The van der Waals surface area contributed by atoms with Crippen LogP contribution in [0, 0.1) is 12.0 Å². The van der Waals surface area contributed by atoms with Crippen molar-refractivity contribution in [3.05, 3.63) is 0 Å².